The summed E-state index contributed by atoms with van der Waals surface area (Å²) in [6.07, 6.45) is 1.62. The standard InChI is InChI=1S/C14H15ClN2O2S.ClH/c1-18-13-5-4-11(15)7-10(13)9-20-14(16)17-8-12-3-2-6-19-12;/h2-7H,8-9H2,1H3,(H2,16,17);1H/p-1. The average molecular weight is 346 g/mol. The largest absolute Gasteiger partial charge is 1.00 e. The van der Waals surface area contributed by atoms with E-state index in [1.807, 2.05) is 24.3 Å². The van der Waals surface area contributed by atoms with Gasteiger partial charge in [0.05, 0.1) is 19.9 Å². The lowest BCUT2D eigenvalue weighted by Gasteiger charge is -2.08. The topological polar surface area (TPSA) is 60.8 Å². The second-order valence-electron chi connectivity index (χ2n) is 3.98. The molecule has 0 saturated heterocycles. The van der Waals surface area contributed by atoms with Crippen LogP contribution in [0.3, 0.4) is 0 Å². The number of ether oxygens (including phenoxy) is 1. The van der Waals surface area contributed by atoms with Crippen molar-refractivity contribution in [2.24, 2.45) is 10.7 Å². The predicted octanol–water partition coefficient (Wildman–Crippen LogP) is 0.694. The van der Waals surface area contributed by atoms with Crippen molar-refractivity contribution < 1.29 is 21.6 Å². The number of nitrogens with zero attached hydrogens (tertiary/aromatic N) is 1. The van der Waals surface area contributed by atoms with Crippen LogP contribution in [0.4, 0.5) is 0 Å². The van der Waals surface area contributed by atoms with Crippen LogP contribution in [0.5, 0.6) is 5.75 Å². The highest BCUT2D eigenvalue weighted by Crippen LogP contribution is 2.26. The number of hydrogen-bond acceptors (Lipinski definition) is 4. The molecule has 1 heterocycles. The Morgan fingerprint density at radius 2 is 2.24 bits per heavy atom. The van der Waals surface area contributed by atoms with Crippen molar-refractivity contribution in [2.45, 2.75) is 12.3 Å². The predicted molar refractivity (Wildman–Crippen MR) is 83.3 cm³/mol. The number of rotatable bonds is 5. The van der Waals surface area contributed by atoms with Crippen LogP contribution in [-0.4, -0.2) is 12.3 Å². The van der Waals surface area contributed by atoms with Crippen molar-refractivity contribution in [3.63, 3.8) is 0 Å². The highest BCUT2D eigenvalue weighted by molar-refractivity contribution is 8.13. The average Bonchev–Trinajstić information content (AvgIpc) is 2.96. The van der Waals surface area contributed by atoms with Crippen LogP contribution in [0.25, 0.3) is 0 Å². The van der Waals surface area contributed by atoms with E-state index in [4.69, 9.17) is 26.5 Å². The van der Waals surface area contributed by atoms with Crippen molar-refractivity contribution >= 4 is 28.5 Å². The molecular weight excluding hydrogens is 331 g/mol. The molecule has 0 aliphatic rings. The molecule has 0 aliphatic heterocycles. The summed E-state index contributed by atoms with van der Waals surface area (Å²) in [7, 11) is 1.63. The minimum absolute atomic E-state index is 0. The zero-order chi connectivity index (χ0) is 14.4. The van der Waals surface area contributed by atoms with Crippen molar-refractivity contribution in [2.75, 3.05) is 7.11 Å². The lowest BCUT2D eigenvalue weighted by atomic mass is 10.2. The quantitative estimate of drug-likeness (QED) is 0.639. The molecule has 114 valence electrons. The maximum Gasteiger partial charge on any atom is 0.154 e. The molecule has 21 heavy (non-hydrogen) atoms. The van der Waals surface area contributed by atoms with Gasteiger partial charge in [-0.2, -0.15) is 0 Å². The molecule has 0 bridgehead atoms. The maximum atomic E-state index is 5.98. The molecule has 0 saturated carbocycles. The van der Waals surface area contributed by atoms with Crippen molar-refractivity contribution in [3.05, 3.63) is 52.9 Å². The Bertz CT molecular complexity index is 589. The fourth-order valence-electron chi connectivity index (χ4n) is 1.62. The van der Waals surface area contributed by atoms with Crippen LogP contribution in [0.1, 0.15) is 11.3 Å². The smallest absolute Gasteiger partial charge is 0.154 e. The Morgan fingerprint density at radius 3 is 2.90 bits per heavy atom. The fraction of sp³-hybridized carbons (Fsp3) is 0.214. The van der Waals surface area contributed by atoms with E-state index in [9.17, 15) is 0 Å². The summed E-state index contributed by atoms with van der Waals surface area (Å²) in [6.45, 7) is 0.443. The molecule has 0 amide bonds. The summed E-state index contributed by atoms with van der Waals surface area (Å²) in [5.41, 5.74) is 6.85. The molecule has 1 aromatic heterocycles. The van der Waals surface area contributed by atoms with E-state index < -0.39 is 0 Å². The molecule has 0 atom stereocenters. The first-order valence-corrected chi connectivity index (χ1v) is 7.33. The van der Waals surface area contributed by atoms with Crippen LogP contribution < -0.4 is 22.9 Å². The molecule has 0 spiro atoms. The number of nitrogens with two attached hydrogens (primary N) is 1. The minimum atomic E-state index is 0. The summed E-state index contributed by atoms with van der Waals surface area (Å²) >= 11 is 7.42. The van der Waals surface area contributed by atoms with Crippen LogP contribution in [0.2, 0.25) is 5.02 Å². The van der Waals surface area contributed by atoms with Gasteiger partial charge in [0.1, 0.15) is 11.5 Å². The third-order valence-corrected chi connectivity index (χ3v) is 3.70. The van der Waals surface area contributed by atoms with Crippen LogP contribution in [-0.2, 0) is 12.3 Å². The summed E-state index contributed by atoms with van der Waals surface area (Å²) in [6, 6.07) is 9.19. The van der Waals surface area contributed by atoms with Crippen LogP contribution >= 0.6 is 23.4 Å². The zero-order valence-electron chi connectivity index (χ0n) is 11.4. The molecule has 0 fully saturated rings. The number of benzene rings is 1. The first kappa shape index (κ1) is 17.8. The van der Waals surface area contributed by atoms with Gasteiger partial charge < -0.3 is 27.3 Å². The Morgan fingerprint density at radius 1 is 1.43 bits per heavy atom. The molecule has 1 aromatic carbocycles. The zero-order valence-corrected chi connectivity index (χ0v) is 13.7. The first-order valence-electron chi connectivity index (χ1n) is 5.96. The number of furan rings is 1. The van der Waals surface area contributed by atoms with Gasteiger partial charge >= 0.3 is 0 Å². The lowest BCUT2D eigenvalue weighted by molar-refractivity contribution is -0.00000482. The monoisotopic (exact) mass is 345 g/mol. The van der Waals surface area contributed by atoms with Crippen molar-refractivity contribution in [3.8, 4) is 5.75 Å². The highest BCUT2D eigenvalue weighted by Gasteiger charge is 2.05. The molecule has 7 heteroatoms. The van der Waals surface area contributed by atoms with Crippen molar-refractivity contribution in [1.82, 2.24) is 0 Å². The highest BCUT2D eigenvalue weighted by atomic mass is 35.5. The lowest BCUT2D eigenvalue weighted by Crippen LogP contribution is -3.00. The Balaban J connectivity index is 0.00000220. The van der Waals surface area contributed by atoms with E-state index in [1.54, 1.807) is 19.4 Å². The van der Waals surface area contributed by atoms with Gasteiger partial charge in [0, 0.05) is 16.3 Å². The van der Waals surface area contributed by atoms with Crippen LogP contribution in [0.15, 0.2) is 46.0 Å². The molecule has 4 nitrogen and oxygen atoms in total. The van der Waals surface area contributed by atoms with Crippen molar-refractivity contribution in [1.29, 1.82) is 0 Å². The third kappa shape index (κ3) is 5.53. The summed E-state index contributed by atoms with van der Waals surface area (Å²) < 4.78 is 10.5. The molecular formula is C14H15Cl2N2O2S-. The number of methoxy groups -OCH3 is 1. The van der Waals surface area contributed by atoms with Crippen LogP contribution in [0, 0.1) is 0 Å². The molecule has 0 unspecified atom stereocenters. The number of aliphatic imine (C=N–C) groups is 1. The molecule has 2 aromatic rings. The number of thioether (sulfide) groups is 1. The van der Waals surface area contributed by atoms with Gasteiger partial charge in [0.2, 0.25) is 0 Å². The summed E-state index contributed by atoms with van der Waals surface area (Å²) in [4.78, 5) is 4.25. The SMILES string of the molecule is COc1ccc(Cl)cc1CSC(N)=NCc1ccco1.[Cl-]. The maximum absolute atomic E-state index is 5.98. The first-order chi connectivity index (χ1) is 9.69. The van der Waals surface area contributed by atoms with E-state index in [0.717, 1.165) is 17.1 Å². The Hall–Kier alpha value is -1.30. The second kappa shape index (κ2) is 8.87. The van der Waals surface area contributed by atoms with Gasteiger partial charge in [-0.1, -0.05) is 23.4 Å². The molecule has 0 aliphatic carbocycles. The minimum Gasteiger partial charge on any atom is -1.00 e. The third-order valence-electron chi connectivity index (χ3n) is 2.59. The molecule has 2 rings (SSSR count). The van der Waals surface area contributed by atoms with Gasteiger partial charge in [0.15, 0.2) is 5.17 Å². The molecule has 2 N–H and O–H groups in total. The second-order valence-corrected chi connectivity index (χ2v) is 5.41. The normalized spacial score (nSPS) is 11.0. The van der Waals surface area contributed by atoms with Gasteiger partial charge in [-0.05, 0) is 30.3 Å². The van der Waals surface area contributed by atoms with E-state index in [2.05, 4.69) is 4.99 Å². The number of amidine groups is 1. The van der Waals surface area contributed by atoms with E-state index in [-0.39, 0.29) is 12.4 Å². The van der Waals surface area contributed by atoms with Gasteiger partial charge in [-0.15, -0.1) is 0 Å². The summed E-state index contributed by atoms with van der Waals surface area (Å²) in [5, 5.41) is 1.18. The fourth-order valence-corrected chi connectivity index (χ4v) is 2.50. The van der Waals surface area contributed by atoms with Gasteiger partial charge in [-0.25, -0.2) is 0 Å². The van der Waals surface area contributed by atoms with E-state index in [0.29, 0.717) is 22.5 Å². The number of halogens is 2. The Labute approximate surface area is 139 Å². The summed E-state index contributed by atoms with van der Waals surface area (Å²) in [5.74, 6) is 2.23. The van der Waals surface area contributed by atoms with Gasteiger partial charge in [-0.3, -0.25) is 4.99 Å². The Kier molecular flexibility index (Phi) is 7.50. The van der Waals surface area contributed by atoms with E-state index >= 15 is 0 Å². The molecule has 0 radical (unpaired) electrons. The van der Waals surface area contributed by atoms with Gasteiger partial charge in [0.25, 0.3) is 0 Å². The van der Waals surface area contributed by atoms with E-state index in [1.165, 1.54) is 11.8 Å². The number of hydrogen-bond donors (Lipinski definition) is 1.